The van der Waals surface area contributed by atoms with Crippen LogP contribution in [-0.2, 0) is 0 Å². The largest absolute Gasteiger partial charge is 0.368 e. The molecule has 0 fully saturated rings. The lowest BCUT2D eigenvalue weighted by Gasteiger charge is -2.14. The number of aryl methyl sites for hydroxylation is 1. The van der Waals surface area contributed by atoms with Crippen LogP contribution in [0.1, 0.15) is 24.1 Å². The number of anilines is 2. The zero-order valence-electron chi connectivity index (χ0n) is 13.2. The first-order chi connectivity index (χ1) is 11.3. The maximum atomic E-state index is 13.2. The summed E-state index contributed by atoms with van der Waals surface area (Å²) < 4.78 is 26.4. The molecule has 1 aromatic heterocycles. The summed E-state index contributed by atoms with van der Waals surface area (Å²) in [6, 6.07) is 4.36. The fourth-order valence-corrected chi connectivity index (χ4v) is 2.04. The van der Waals surface area contributed by atoms with E-state index in [4.69, 9.17) is 5.73 Å². The first kappa shape index (κ1) is 17.4. The molecule has 24 heavy (non-hydrogen) atoms. The number of hydrogen-bond donors (Lipinski definition) is 4. The van der Waals surface area contributed by atoms with Crippen molar-refractivity contribution in [2.45, 2.75) is 19.8 Å². The summed E-state index contributed by atoms with van der Waals surface area (Å²) in [4.78, 5) is 19.6. The molecule has 1 heterocycles. The van der Waals surface area contributed by atoms with Crippen molar-refractivity contribution in [1.82, 2.24) is 20.7 Å². The number of nitrogens with one attached hydrogen (secondary N) is 3. The maximum Gasteiger partial charge on any atom is 0.333 e. The van der Waals surface area contributed by atoms with Crippen molar-refractivity contribution in [3.63, 3.8) is 0 Å². The number of amides is 2. The van der Waals surface area contributed by atoms with Crippen LogP contribution in [0.25, 0.3) is 0 Å². The van der Waals surface area contributed by atoms with Crippen molar-refractivity contribution in [2.24, 2.45) is 0 Å². The monoisotopic (exact) mass is 336 g/mol. The van der Waals surface area contributed by atoms with E-state index in [1.165, 1.54) is 12.1 Å². The number of nitrogens with two attached hydrogens (primary N) is 1. The fraction of sp³-hybridized carbons (Fsp3) is 0.267. The molecule has 0 radical (unpaired) electrons. The van der Waals surface area contributed by atoms with Gasteiger partial charge in [0.15, 0.2) is 0 Å². The first-order valence-corrected chi connectivity index (χ1v) is 7.20. The molecule has 1 atom stereocenters. The van der Waals surface area contributed by atoms with Crippen molar-refractivity contribution in [3.05, 3.63) is 47.2 Å². The van der Waals surface area contributed by atoms with E-state index in [1.54, 1.807) is 19.9 Å². The van der Waals surface area contributed by atoms with Crippen LogP contribution in [0, 0.1) is 18.6 Å². The zero-order chi connectivity index (χ0) is 17.7. The van der Waals surface area contributed by atoms with E-state index < -0.39 is 17.7 Å². The highest BCUT2D eigenvalue weighted by molar-refractivity contribution is 5.75. The normalized spacial score (nSPS) is 11.7. The number of nitrogen functional groups attached to an aromatic ring is 1. The van der Waals surface area contributed by atoms with Crippen molar-refractivity contribution < 1.29 is 13.6 Å². The molecule has 0 saturated heterocycles. The molecule has 0 aliphatic carbocycles. The second kappa shape index (κ2) is 7.53. The number of hydrogen-bond acceptors (Lipinski definition) is 5. The Morgan fingerprint density at radius 1 is 1.21 bits per heavy atom. The molecule has 0 bridgehead atoms. The van der Waals surface area contributed by atoms with Gasteiger partial charge in [-0.1, -0.05) is 6.92 Å². The number of nitrogens with zero attached hydrogens (tertiary/aromatic N) is 2. The van der Waals surface area contributed by atoms with E-state index in [-0.39, 0.29) is 18.4 Å². The standard InChI is InChI=1S/C15H18F2N6O/c1-8(10-4-11(16)6-12(17)5-10)7-19-15(24)23-22-13-3-9(2)20-14(18)21-13/h3-6,8H,7H2,1-2H3,(H2,19,23,24)(H3,18,20,21,22). The molecule has 2 aromatic rings. The number of carbonyl (C=O) groups is 1. The number of aromatic nitrogens is 2. The molecule has 9 heteroatoms. The van der Waals surface area contributed by atoms with E-state index in [2.05, 4.69) is 26.1 Å². The Balaban J connectivity index is 1.84. The van der Waals surface area contributed by atoms with Crippen molar-refractivity contribution in [1.29, 1.82) is 0 Å². The van der Waals surface area contributed by atoms with Crippen LogP contribution >= 0.6 is 0 Å². The Morgan fingerprint density at radius 3 is 2.50 bits per heavy atom. The highest BCUT2D eigenvalue weighted by atomic mass is 19.1. The number of hydrazine groups is 1. The molecule has 2 rings (SSSR count). The van der Waals surface area contributed by atoms with Gasteiger partial charge in [0.05, 0.1) is 0 Å². The topological polar surface area (TPSA) is 105 Å². The average Bonchev–Trinajstić information content (AvgIpc) is 2.48. The number of carbonyl (C=O) groups excluding carboxylic acids is 1. The van der Waals surface area contributed by atoms with Gasteiger partial charge < -0.3 is 11.1 Å². The predicted molar refractivity (Wildman–Crippen MR) is 86.1 cm³/mol. The van der Waals surface area contributed by atoms with E-state index in [9.17, 15) is 13.6 Å². The van der Waals surface area contributed by atoms with Crippen molar-refractivity contribution in [3.8, 4) is 0 Å². The van der Waals surface area contributed by atoms with Crippen molar-refractivity contribution >= 4 is 17.8 Å². The molecule has 0 aliphatic rings. The minimum absolute atomic E-state index is 0.0847. The zero-order valence-corrected chi connectivity index (χ0v) is 13.2. The van der Waals surface area contributed by atoms with Crippen LogP contribution in [0.5, 0.6) is 0 Å². The molecule has 5 N–H and O–H groups in total. The van der Waals surface area contributed by atoms with E-state index in [0.29, 0.717) is 17.1 Å². The van der Waals surface area contributed by atoms with Gasteiger partial charge in [-0.05, 0) is 30.5 Å². The Morgan fingerprint density at radius 2 is 1.88 bits per heavy atom. The third-order valence-electron chi connectivity index (χ3n) is 3.20. The van der Waals surface area contributed by atoms with Crippen molar-refractivity contribution in [2.75, 3.05) is 17.7 Å². The minimum atomic E-state index is -0.653. The minimum Gasteiger partial charge on any atom is -0.368 e. The van der Waals surface area contributed by atoms with Crippen LogP contribution < -0.4 is 21.9 Å². The van der Waals surface area contributed by atoms with Gasteiger partial charge in [-0.15, -0.1) is 0 Å². The summed E-state index contributed by atoms with van der Waals surface area (Å²) in [5.41, 5.74) is 11.6. The number of rotatable bonds is 5. The molecular formula is C15H18F2N6O. The van der Waals surface area contributed by atoms with Crippen LogP contribution in [0.4, 0.5) is 25.3 Å². The van der Waals surface area contributed by atoms with E-state index in [1.807, 2.05) is 0 Å². The molecule has 0 aliphatic heterocycles. The smallest absolute Gasteiger partial charge is 0.333 e. The third-order valence-corrected chi connectivity index (χ3v) is 3.20. The number of urea groups is 1. The molecule has 0 spiro atoms. The maximum absolute atomic E-state index is 13.2. The molecule has 1 aromatic carbocycles. The van der Waals surface area contributed by atoms with Gasteiger partial charge in [0, 0.05) is 24.4 Å². The van der Waals surface area contributed by atoms with E-state index in [0.717, 1.165) is 6.07 Å². The van der Waals surface area contributed by atoms with Gasteiger partial charge >= 0.3 is 6.03 Å². The highest BCUT2D eigenvalue weighted by Gasteiger charge is 2.10. The van der Waals surface area contributed by atoms with Gasteiger partial charge in [-0.25, -0.2) is 18.6 Å². The summed E-state index contributed by atoms with van der Waals surface area (Å²) >= 11 is 0. The summed E-state index contributed by atoms with van der Waals surface area (Å²) in [6.45, 7) is 3.68. The first-order valence-electron chi connectivity index (χ1n) is 7.20. The summed E-state index contributed by atoms with van der Waals surface area (Å²) in [5.74, 6) is -1.14. The van der Waals surface area contributed by atoms with Gasteiger partial charge in [0.2, 0.25) is 5.95 Å². The number of benzene rings is 1. The lowest BCUT2D eigenvalue weighted by molar-refractivity contribution is 0.242. The summed E-state index contributed by atoms with van der Waals surface area (Å²) in [6.07, 6.45) is 0. The molecular weight excluding hydrogens is 318 g/mol. The second-order valence-corrected chi connectivity index (χ2v) is 5.32. The van der Waals surface area contributed by atoms with Gasteiger partial charge in [0.25, 0.3) is 0 Å². The van der Waals surface area contributed by atoms with Gasteiger partial charge in [0.1, 0.15) is 17.5 Å². The summed E-state index contributed by atoms with van der Waals surface area (Å²) in [5, 5.41) is 2.59. The molecule has 2 amide bonds. The fourth-order valence-electron chi connectivity index (χ4n) is 2.04. The van der Waals surface area contributed by atoms with Crippen LogP contribution in [0.2, 0.25) is 0 Å². The molecule has 7 nitrogen and oxygen atoms in total. The lowest BCUT2D eigenvalue weighted by atomic mass is 10.0. The average molecular weight is 336 g/mol. The Kier molecular flexibility index (Phi) is 5.46. The van der Waals surface area contributed by atoms with Gasteiger partial charge in [-0.2, -0.15) is 4.98 Å². The van der Waals surface area contributed by atoms with Crippen LogP contribution in [0.3, 0.4) is 0 Å². The Bertz CT molecular complexity index is 699. The Hall–Kier alpha value is -2.97. The summed E-state index contributed by atoms with van der Waals surface area (Å²) in [7, 11) is 0. The molecule has 1 unspecified atom stereocenters. The molecule has 128 valence electrons. The second-order valence-electron chi connectivity index (χ2n) is 5.32. The third kappa shape index (κ3) is 5.04. The van der Waals surface area contributed by atoms with Crippen LogP contribution in [-0.4, -0.2) is 22.5 Å². The van der Waals surface area contributed by atoms with E-state index >= 15 is 0 Å². The number of halogens is 2. The molecule has 0 saturated carbocycles. The lowest BCUT2D eigenvalue weighted by Crippen LogP contribution is -2.40. The highest BCUT2D eigenvalue weighted by Crippen LogP contribution is 2.17. The quantitative estimate of drug-likeness (QED) is 0.626. The Labute approximate surface area is 137 Å². The van der Waals surface area contributed by atoms with Gasteiger partial charge in [-0.3, -0.25) is 10.9 Å². The SMILES string of the molecule is Cc1cc(NNC(=O)NCC(C)c2cc(F)cc(F)c2)nc(N)n1. The predicted octanol–water partition coefficient (Wildman–Crippen LogP) is 2.08. The van der Waals surface area contributed by atoms with Crippen LogP contribution in [0.15, 0.2) is 24.3 Å².